The van der Waals surface area contributed by atoms with Crippen LogP contribution in [0.15, 0.2) is 53.7 Å². The normalized spacial score (nSPS) is 13.6. The molecular weight excluding hydrogens is 316 g/mol. The first kappa shape index (κ1) is 15.0. The van der Waals surface area contributed by atoms with Gasteiger partial charge >= 0.3 is 0 Å². The highest BCUT2D eigenvalue weighted by atomic mass is 32.2. The number of nitriles is 1. The van der Waals surface area contributed by atoms with E-state index in [0.717, 1.165) is 33.2 Å². The molecule has 0 bridgehead atoms. The van der Waals surface area contributed by atoms with Gasteiger partial charge in [0, 0.05) is 17.2 Å². The molecule has 0 radical (unpaired) electrons. The van der Waals surface area contributed by atoms with Crippen molar-refractivity contribution in [2.24, 2.45) is 0 Å². The number of anilines is 1. The van der Waals surface area contributed by atoms with Crippen LogP contribution in [0.3, 0.4) is 0 Å². The van der Waals surface area contributed by atoms with Crippen LogP contribution in [0, 0.1) is 11.3 Å². The van der Waals surface area contributed by atoms with E-state index >= 15 is 0 Å². The molecule has 0 saturated heterocycles. The van der Waals surface area contributed by atoms with Gasteiger partial charge in [0.05, 0.1) is 17.1 Å². The van der Waals surface area contributed by atoms with E-state index in [-0.39, 0.29) is 0 Å². The second kappa shape index (κ2) is 6.50. The van der Waals surface area contributed by atoms with Crippen LogP contribution in [-0.4, -0.2) is 16.0 Å². The van der Waals surface area contributed by atoms with Gasteiger partial charge in [-0.25, -0.2) is 9.97 Å². The van der Waals surface area contributed by atoms with Crippen molar-refractivity contribution in [3.8, 4) is 6.07 Å². The third kappa shape index (κ3) is 3.34. The quantitative estimate of drug-likeness (QED) is 0.555. The maximum atomic E-state index is 9.00. The van der Waals surface area contributed by atoms with E-state index in [1.54, 1.807) is 11.8 Å². The zero-order valence-corrected chi connectivity index (χ0v) is 13.9. The minimum Gasteiger partial charge on any atom is -0.367 e. The minimum atomic E-state index is 0.550. The summed E-state index contributed by atoms with van der Waals surface area (Å²) in [5.41, 5.74) is 2.75. The lowest BCUT2D eigenvalue weighted by molar-refractivity contribution is 0.984. The van der Waals surface area contributed by atoms with Gasteiger partial charge in [0.25, 0.3) is 0 Å². The Morgan fingerprint density at radius 1 is 1.12 bits per heavy atom. The molecule has 3 aromatic rings. The summed E-state index contributed by atoms with van der Waals surface area (Å²) in [6.45, 7) is 0. The average molecular weight is 332 g/mol. The fourth-order valence-electron chi connectivity index (χ4n) is 2.53. The number of aromatic nitrogens is 2. The van der Waals surface area contributed by atoms with E-state index in [0.29, 0.717) is 11.6 Å². The Kier molecular flexibility index (Phi) is 4.06. The third-order valence-electron chi connectivity index (χ3n) is 3.92. The maximum absolute atomic E-state index is 9.00. The molecule has 0 aliphatic heterocycles. The van der Waals surface area contributed by atoms with E-state index in [9.17, 15) is 0 Å². The lowest BCUT2D eigenvalue weighted by Crippen LogP contribution is -2.05. The van der Waals surface area contributed by atoms with Crippen LogP contribution >= 0.6 is 11.8 Å². The van der Waals surface area contributed by atoms with Gasteiger partial charge in [-0.3, -0.25) is 0 Å². The molecule has 1 aliphatic rings. The highest BCUT2D eigenvalue weighted by molar-refractivity contribution is 7.98. The molecule has 4 nitrogen and oxygen atoms in total. The summed E-state index contributed by atoms with van der Waals surface area (Å²) >= 11 is 1.60. The Balaban J connectivity index is 1.60. The second-order valence-corrected chi connectivity index (χ2v) is 6.83. The van der Waals surface area contributed by atoms with Crippen LogP contribution in [0.25, 0.3) is 10.9 Å². The third-order valence-corrected chi connectivity index (χ3v) is 4.84. The molecule has 0 unspecified atom stereocenters. The number of nitrogens with one attached hydrogen (secondary N) is 1. The van der Waals surface area contributed by atoms with Crippen molar-refractivity contribution in [1.29, 1.82) is 5.26 Å². The number of nitrogens with zero attached hydrogens (tertiary/aromatic N) is 3. The summed E-state index contributed by atoms with van der Waals surface area (Å²) in [6.07, 6.45) is 2.42. The van der Waals surface area contributed by atoms with Crippen molar-refractivity contribution in [1.82, 2.24) is 9.97 Å². The van der Waals surface area contributed by atoms with Crippen LogP contribution in [0.2, 0.25) is 0 Å². The molecule has 24 heavy (non-hydrogen) atoms. The van der Waals surface area contributed by atoms with Gasteiger partial charge in [-0.2, -0.15) is 5.26 Å². The molecule has 4 rings (SSSR count). The van der Waals surface area contributed by atoms with Gasteiger partial charge in [-0.15, -0.1) is 0 Å². The molecule has 1 aromatic heterocycles. The molecule has 1 heterocycles. The lowest BCUT2D eigenvalue weighted by atomic mass is 10.2. The smallest absolute Gasteiger partial charge is 0.190 e. The molecule has 2 aromatic carbocycles. The number of hydrogen-bond donors (Lipinski definition) is 1. The molecule has 1 N–H and O–H groups in total. The second-order valence-electron chi connectivity index (χ2n) is 5.89. The molecule has 1 fully saturated rings. The standard InChI is InChI=1S/C19H16N4S/c20-11-13-4-3-5-14(10-13)12-24-19-22-17-7-2-1-6-16(17)18(23-19)21-15-8-9-15/h1-7,10,15H,8-9,12H2,(H,21,22,23). The van der Waals surface area contributed by atoms with Gasteiger partial charge in [0.2, 0.25) is 0 Å². The number of hydrogen-bond acceptors (Lipinski definition) is 5. The summed E-state index contributed by atoms with van der Waals surface area (Å²) in [5, 5.41) is 14.3. The zero-order valence-electron chi connectivity index (χ0n) is 13.1. The molecule has 1 saturated carbocycles. The summed E-state index contributed by atoms with van der Waals surface area (Å²) in [7, 11) is 0. The fourth-order valence-corrected chi connectivity index (χ4v) is 3.32. The molecule has 0 atom stereocenters. The number of benzene rings is 2. The van der Waals surface area contributed by atoms with Crippen molar-refractivity contribution in [3.05, 3.63) is 59.7 Å². The molecule has 118 valence electrons. The number of rotatable bonds is 5. The molecule has 1 aliphatic carbocycles. The van der Waals surface area contributed by atoms with E-state index in [4.69, 9.17) is 10.2 Å². The number of thioether (sulfide) groups is 1. The molecule has 5 heteroatoms. The zero-order chi connectivity index (χ0) is 16.4. The van der Waals surface area contributed by atoms with E-state index in [1.807, 2.05) is 42.5 Å². The summed E-state index contributed by atoms with van der Waals surface area (Å²) in [6, 6.07) is 18.5. The van der Waals surface area contributed by atoms with Crippen molar-refractivity contribution >= 4 is 28.5 Å². The Morgan fingerprint density at radius 2 is 2.00 bits per heavy atom. The van der Waals surface area contributed by atoms with E-state index in [1.165, 1.54) is 12.8 Å². The van der Waals surface area contributed by atoms with Crippen molar-refractivity contribution in [3.63, 3.8) is 0 Å². The summed E-state index contributed by atoms with van der Waals surface area (Å²) in [5.74, 6) is 1.67. The first-order valence-corrected chi connectivity index (χ1v) is 8.95. The predicted octanol–water partition coefficient (Wildman–Crippen LogP) is 4.37. The van der Waals surface area contributed by atoms with Gasteiger partial charge < -0.3 is 5.32 Å². The van der Waals surface area contributed by atoms with Crippen LogP contribution < -0.4 is 5.32 Å². The largest absolute Gasteiger partial charge is 0.367 e. The Labute approximate surface area is 144 Å². The van der Waals surface area contributed by atoms with Crippen LogP contribution in [-0.2, 0) is 5.75 Å². The molecule has 0 spiro atoms. The Hall–Kier alpha value is -2.58. The number of para-hydroxylation sites is 1. The van der Waals surface area contributed by atoms with Crippen molar-refractivity contribution in [2.75, 3.05) is 5.32 Å². The Bertz CT molecular complexity index is 928. The van der Waals surface area contributed by atoms with E-state index in [2.05, 4.69) is 22.4 Å². The summed E-state index contributed by atoms with van der Waals surface area (Å²) in [4.78, 5) is 9.38. The Morgan fingerprint density at radius 3 is 2.83 bits per heavy atom. The van der Waals surface area contributed by atoms with Crippen LogP contribution in [0.4, 0.5) is 5.82 Å². The highest BCUT2D eigenvalue weighted by Gasteiger charge is 2.22. The topological polar surface area (TPSA) is 61.6 Å². The first-order valence-electron chi connectivity index (χ1n) is 7.97. The van der Waals surface area contributed by atoms with Crippen molar-refractivity contribution in [2.45, 2.75) is 29.8 Å². The highest BCUT2D eigenvalue weighted by Crippen LogP contribution is 2.30. The fraction of sp³-hybridized carbons (Fsp3) is 0.211. The van der Waals surface area contributed by atoms with Crippen LogP contribution in [0.5, 0.6) is 0 Å². The first-order chi connectivity index (χ1) is 11.8. The maximum Gasteiger partial charge on any atom is 0.190 e. The molecular formula is C19H16N4S. The number of fused-ring (bicyclic) bond motifs is 1. The van der Waals surface area contributed by atoms with Gasteiger partial charge in [-0.05, 0) is 42.7 Å². The van der Waals surface area contributed by atoms with Crippen molar-refractivity contribution < 1.29 is 0 Å². The van der Waals surface area contributed by atoms with Gasteiger partial charge in [0.15, 0.2) is 5.16 Å². The monoisotopic (exact) mass is 332 g/mol. The van der Waals surface area contributed by atoms with Crippen LogP contribution in [0.1, 0.15) is 24.0 Å². The lowest BCUT2D eigenvalue weighted by Gasteiger charge is -2.10. The average Bonchev–Trinajstić information content (AvgIpc) is 3.44. The predicted molar refractivity (Wildman–Crippen MR) is 96.9 cm³/mol. The summed E-state index contributed by atoms with van der Waals surface area (Å²) < 4.78 is 0. The van der Waals surface area contributed by atoms with E-state index < -0.39 is 0 Å². The minimum absolute atomic E-state index is 0.550. The SMILES string of the molecule is N#Cc1cccc(CSc2nc(NC3CC3)c3ccccc3n2)c1. The van der Waals surface area contributed by atoms with Gasteiger partial charge in [-0.1, -0.05) is 36.0 Å². The van der Waals surface area contributed by atoms with Gasteiger partial charge in [0.1, 0.15) is 5.82 Å². The molecule has 0 amide bonds.